The Balaban J connectivity index is 2.19. The summed E-state index contributed by atoms with van der Waals surface area (Å²) in [4.78, 5) is 11.0. The molecule has 0 radical (unpaired) electrons. The van der Waals surface area contributed by atoms with E-state index in [-0.39, 0.29) is 12.6 Å². The normalized spacial score (nSPS) is 18.6. The van der Waals surface area contributed by atoms with Crippen molar-refractivity contribution in [3.05, 3.63) is 29.3 Å². The highest BCUT2D eigenvalue weighted by Crippen LogP contribution is 2.33. The number of esters is 1. The van der Waals surface area contributed by atoms with Crippen molar-refractivity contribution in [3.63, 3.8) is 0 Å². The molecule has 1 aromatic carbocycles. The first-order valence-corrected chi connectivity index (χ1v) is 6.10. The third-order valence-electron chi connectivity index (χ3n) is 3.33. The molecule has 3 nitrogen and oxygen atoms in total. The van der Waals surface area contributed by atoms with Crippen molar-refractivity contribution in [2.75, 3.05) is 6.61 Å². The summed E-state index contributed by atoms with van der Waals surface area (Å²) in [6.07, 6.45) is 3.83. The second kappa shape index (κ2) is 5.32. The molecule has 0 spiro atoms. The van der Waals surface area contributed by atoms with E-state index in [2.05, 4.69) is 6.07 Å². The maximum atomic E-state index is 11.0. The zero-order chi connectivity index (χ0) is 12.3. The van der Waals surface area contributed by atoms with Crippen LogP contribution in [0, 0.1) is 5.92 Å². The van der Waals surface area contributed by atoms with Gasteiger partial charge in [0.2, 0.25) is 0 Å². The predicted octanol–water partition coefficient (Wildman–Crippen LogP) is 2.10. The van der Waals surface area contributed by atoms with E-state index in [0.717, 1.165) is 31.2 Å². The molecule has 0 saturated carbocycles. The van der Waals surface area contributed by atoms with Gasteiger partial charge in [-0.1, -0.05) is 12.1 Å². The van der Waals surface area contributed by atoms with E-state index in [1.54, 1.807) is 0 Å². The summed E-state index contributed by atoms with van der Waals surface area (Å²) in [5, 5.41) is 8.97. The lowest BCUT2D eigenvalue weighted by atomic mass is 9.82. The number of hydrogen-bond donors (Lipinski definition) is 1. The van der Waals surface area contributed by atoms with Gasteiger partial charge < -0.3 is 9.84 Å². The zero-order valence-corrected chi connectivity index (χ0v) is 10.1. The maximum absolute atomic E-state index is 11.0. The van der Waals surface area contributed by atoms with Crippen LogP contribution in [0.1, 0.15) is 30.9 Å². The van der Waals surface area contributed by atoms with Crippen LogP contribution in [0.4, 0.5) is 0 Å². The van der Waals surface area contributed by atoms with E-state index < -0.39 is 0 Å². The first kappa shape index (κ1) is 12.1. The van der Waals surface area contributed by atoms with Gasteiger partial charge in [0.25, 0.3) is 0 Å². The average Bonchev–Trinajstić information content (AvgIpc) is 2.29. The molecule has 0 heterocycles. The molecular formula is C14H18O3. The fourth-order valence-electron chi connectivity index (χ4n) is 2.53. The van der Waals surface area contributed by atoms with Crippen molar-refractivity contribution in [2.24, 2.45) is 5.92 Å². The number of fused-ring (bicyclic) bond motifs is 1. The minimum atomic E-state index is -0.268. The number of hydrogen-bond acceptors (Lipinski definition) is 3. The van der Waals surface area contributed by atoms with Crippen molar-refractivity contribution in [1.82, 2.24) is 0 Å². The van der Waals surface area contributed by atoms with Gasteiger partial charge in [0.05, 0.1) is 0 Å². The minimum absolute atomic E-state index is 0.254. The van der Waals surface area contributed by atoms with Crippen LogP contribution >= 0.6 is 0 Å². The Hall–Kier alpha value is -1.35. The molecule has 0 aliphatic heterocycles. The monoisotopic (exact) mass is 234 g/mol. The Labute approximate surface area is 101 Å². The molecule has 0 aromatic heterocycles. The van der Waals surface area contributed by atoms with E-state index in [1.807, 2.05) is 12.1 Å². The topological polar surface area (TPSA) is 46.5 Å². The van der Waals surface area contributed by atoms with Crippen LogP contribution in [0.15, 0.2) is 18.2 Å². The van der Waals surface area contributed by atoms with Gasteiger partial charge >= 0.3 is 5.97 Å². The summed E-state index contributed by atoms with van der Waals surface area (Å²) in [5.41, 5.74) is 2.42. The van der Waals surface area contributed by atoms with E-state index in [9.17, 15) is 4.79 Å². The lowest BCUT2D eigenvalue weighted by Crippen LogP contribution is -2.17. The predicted molar refractivity (Wildman–Crippen MR) is 65.0 cm³/mol. The van der Waals surface area contributed by atoms with Crippen LogP contribution in [0.5, 0.6) is 5.75 Å². The van der Waals surface area contributed by atoms with Gasteiger partial charge in [0.15, 0.2) is 0 Å². The summed E-state index contributed by atoms with van der Waals surface area (Å²) in [5.74, 6) is 0.994. The van der Waals surface area contributed by atoms with Crippen LogP contribution < -0.4 is 4.74 Å². The molecule has 0 amide bonds. The quantitative estimate of drug-likeness (QED) is 0.643. The molecule has 1 aliphatic carbocycles. The number of carbonyl (C=O) groups excluding carboxylic acids is 1. The molecular weight excluding hydrogens is 216 g/mol. The first-order valence-electron chi connectivity index (χ1n) is 6.10. The number of ether oxygens (including phenoxy) is 1. The van der Waals surface area contributed by atoms with Crippen LogP contribution in [0.3, 0.4) is 0 Å². The van der Waals surface area contributed by atoms with Crippen LogP contribution in [-0.4, -0.2) is 17.7 Å². The van der Waals surface area contributed by atoms with Gasteiger partial charge in [-0.25, -0.2) is 0 Å². The maximum Gasteiger partial charge on any atom is 0.308 e. The lowest BCUT2D eigenvalue weighted by molar-refractivity contribution is -0.131. The van der Waals surface area contributed by atoms with Crippen LogP contribution in [-0.2, 0) is 17.6 Å². The van der Waals surface area contributed by atoms with Gasteiger partial charge in [-0.3, -0.25) is 4.79 Å². The molecule has 0 saturated heterocycles. The third-order valence-corrected chi connectivity index (χ3v) is 3.33. The Kier molecular flexibility index (Phi) is 3.79. The Morgan fingerprint density at radius 2 is 2.35 bits per heavy atom. The molecule has 1 aliphatic rings. The third kappa shape index (κ3) is 2.86. The summed E-state index contributed by atoms with van der Waals surface area (Å²) in [7, 11) is 0. The summed E-state index contributed by atoms with van der Waals surface area (Å²) < 4.78 is 5.22. The lowest BCUT2D eigenvalue weighted by Gasteiger charge is -2.25. The van der Waals surface area contributed by atoms with Gasteiger partial charge in [-0.05, 0) is 48.8 Å². The van der Waals surface area contributed by atoms with Crippen molar-refractivity contribution in [2.45, 2.75) is 32.6 Å². The Bertz CT molecular complexity index is 412. The molecule has 92 valence electrons. The van der Waals surface area contributed by atoms with Crippen molar-refractivity contribution < 1.29 is 14.6 Å². The second-order valence-electron chi connectivity index (χ2n) is 4.61. The van der Waals surface area contributed by atoms with Gasteiger partial charge in [0, 0.05) is 13.5 Å². The largest absolute Gasteiger partial charge is 0.426 e. The number of rotatable bonds is 3. The standard InChI is InChI=1S/C14H18O3/c1-10(16)17-14-4-2-3-12-9-11(7-8-15)5-6-13(12)14/h2-4,11,15H,5-9H2,1H3. The van der Waals surface area contributed by atoms with Gasteiger partial charge in [-0.15, -0.1) is 0 Å². The molecule has 17 heavy (non-hydrogen) atoms. The smallest absolute Gasteiger partial charge is 0.308 e. The van der Waals surface area contributed by atoms with Crippen molar-refractivity contribution in [3.8, 4) is 5.75 Å². The fraction of sp³-hybridized carbons (Fsp3) is 0.500. The highest BCUT2D eigenvalue weighted by atomic mass is 16.5. The SMILES string of the molecule is CC(=O)Oc1cccc2c1CCC(CCO)C2. The highest BCUT2D eigenvalue weighted by molar-refractivity contribution is 5.70. The summed E-state index contributed by atoms with van der Waals surface area (Å²) in [6.45, 7) is 1.68. The number of aliphatic hydroxyl groups is 1. The summed E-state index contributed by atoms with van der Waals surface area (Å²) >= 11 is 0. The first-order chi connectivity index (χ1) is 8.20. The molecule has 2 rings (SSSR count). The molecule has 1 N–H and O–H groups in total. The van der Waals surface area contributed by atoms with E-state index in [4.69, 9.17) is 9.84 Å². The minimum Gasteiger partial charge on any atom is -0.426 e. The van der Waals surface area contributed by atoms with Crippen LogP contribution in [0.2, 0.25) is 0 Å². The average molecular weight is 234 g/mol. The van der Waals surface area contributed by atoms with E-state index >= 15 is 0 Å². The molecule has 0 bridgehead atoms. The zero-order valence-electron chi connectivity index (χ0n) is 10.1. The molecule has 1 aromatic rings. The second-order valence-corrected chi connectivity index (χ2v) is 4.61. The Morgan fingerprint density at radius 1 is 1.53 bits per heavy atom. The highest BCUT2D eigenvalue weighted by Gasteiger charge is 2.21. The van der Waals surface area contributed by atoms with E-state index in [0.29, 0.717) is 11.7 Å². The molecule has 3 heteroatoms. The number of benzene rings is 1. The van der Waals surface area contributed by atoms with Crippen LogP contribution in [0.25, 0.3) is 0 Å². The van der Waals surface area contributed by atoms with Gasteiger partial charge in [0.1, 0.15) is 5.75 Å². The van der Waals surface area contributed by atoms with Gasteiger partial charge in [-0.2, -0.15) is 0 Å². The number of carbonyl (C=O) groups is 1. The Morgan fingerprint density at radius 3 is 3.06 bits per heavy atom. The van der Waals surface area contributed by atoms with Crippen molar-refractivity contribution in [1.29, 1.82) is 0 Å². The molecule has 0 fully saturated rings. The number of aliphatic hydroxyl groups excluding tert-OH is 1. The molecule has 1 atom stereocenters. The fourth-order valence-corrected chi connectivity index (χ4v) is 2.53. The van der Waals surface area contributed by atoms with Crippen molar-refractivity contribution >= 4 is 5.97 Å². The molecule has 1 unspecified atom stereocenters. The van der Waals surface area contributed by atoms with E-state index in [1.165, 1.54) is 12.5 Å². The summed E-state index contributed by atoms with van der Waals surface area (Å²) in [6, 6.07) is 5.87.